The van der Waals surface area contributed by atoms with Crippen LogP contribution in [0.15, 0.2) is 48.8 Å². The van der Waals surface area contributed by atoms with Gasteiger partial charge in [0.2, 0.25) is 0 Å². The van der Waals surface area contributed by atoms with E-state index >= 15 is 0 Å². The molecule has 0 aliphatic carbocycles. The van der Waals surface area contributed by atoms with E-state index in [1.54, 1.807) is 24.3 Å². The van der Waals surface area contributed by atoms with Crippen molar-refractivity contribution in [3.63, 3.8) is 0 Å². The van der Waals surface area contributed by atoms with Crippen LogP contribution >= 0.6 is 0 Å². The number of rotatable bonds is 2. The predicted octanol–water partition coefficient (Wildman–Crippen LogP) is -7.10. The summed E-state index contributed by atoms with van der Waals surface area (Å²) < 4.78 is 0. The first-order valence-corrected chi connectivity index (χ1v) is 4.86. The van der Waals surface area contributed by atoms with E-state index in [2.05, 4.69) is 9.97 Å². The van der Waals surface area contributed by atoms with Crippen LogP contribution in [0.4, 0.5) is 0 Å². The van der Waals surface area contributed by atoms with Gasteiger partial charge in [-0.3, -0.25) is 9.97 Å². The molecule has 0 aliphatic heterocycles. The van der Waals surface area contributed by atoms with E-state index in [4.69, 9.17) is 0 Å². The summed E-state index contributed by atoms with van der Waals surface area (Å²) in [5.74, 6) is -2.48. The Balaban J connectivity index is 0. The molecule has 8 heteroatoms. The quantitative estimate of drug-likeness (QED) is 0.509. The molecule has 2 heterocycles. The van der Waals surface area contributed by atoms with E-state index in [0.29, 0.717) is 0 Å². The molecule has 0 aromatic carbocycles. The summed E-state index contributed by atoms with van der Waals surface area (Å²) in [5, 5.41) is 20.1. The Bertz CT molecular complexity index is 474. The zero-order valence-electron chi connectivity index (χ0n) is 11.1. The van der Waals surface area contributed by atoms with Crippen molar-refractivity contribution in [1.29, 1.82) is 0 Å². The van der Waals surface area contributed by atoms with Crippen molar-refractivity contribution in [3.8, 4) is 0 Å². The largest absolute Gasteiger partial charge is 1.00 e. The molecule has 0 spiro atoms. The summed E-state index contributed by atoms with van der Waals surface area (Å²) in [6.45, 7) is 0. The van der Waals surface area contributed by atoms with Crippen molar-refractivity contribution >= 4 is 11.9 Å². The number of pyridine rings is 2. The third kappa shape index (κ3) is 8.42. The fourth-order valence-electron chi connectivity index (χ4n) is 0.967. The van der Waals surface area contributed by atoms with Gasteiger partial charge in [-0.2, -0.15) is 0 Å². The number of nitrogens with zero attached hydrogens (tertiary/aromatic N) is 2. The second kappa shape index (κ2) is 12.0. The molecular weight excluding hydrogens is 282 g/mol. The maximum Gasteiger partial charge on any atom is 1.00 e. The number of aromatic carboxylic acids is 2. The van der Waals surface area contributed by atoms with Crippen molar-refractivity contribution in [1.82, 2.24) is 9.97 Å². The molecule has 2 rings (SSSR count). The van der Waals surface area contributed by atoms with Gasteiger partial charge in [-0.15, -0.1) is 0 Å². The van der Waals surface area contributed by atoms with Crippen LogP contribution in [0, 0.1) is 0 Å². The standard InChI is InChI=1S/2C6H5NO2.2Na/c2*8-6(9)5-3-1-2-4-7-5;;/h2*1-4H,(H,8,9);;/q;;2*+1/p-2. The molecule has 2 aromatic heterocycles. The van der Waals surface area contributed by atoms with Crippen LogP contribution < -0.4 is 69.3 Å². The Labute approximate surface area is 159 Å². The number of carboxylic acid groups (broad SMARTS) is 2. The molecule has 6 nitrogen and oxygen atoms in total. The van der Waals surface area contributed by atoms with Crippen molar-refractivity contribution in [2.24, 2.45) is 0 Å². The summed E-state index contributed by atoms with van der Waals surface area (Å²) >= 11 is 0. The minimum atomic E-state index is -1.24. The smallest absolute Gasteiger partial charge is 0.543 e. The van der Waals surface area contributed by atoms with Crippen molar-refractivity contribution in [3.05, 3.63) is 60.2 Å². The van der Waals surface area contributed by atoms with Crippen molar-refractivity contribution in [2.75, 3.05) is 0 Å². The van der Waals surface area contributed by atoms with Gasteiger partial charge in [0.25, 0.3) is 0 Å². The van der Waals surface area contributed by atoms with Gasteiger partial charge in [0.1, 0.15) is 0 Å². The molecule has 0 unspecified atom stereocenters. The van der Waals surface area contributed by atoms with Gasteiger partial charge in [0, 0.05) is 12.4 Å². The van der Waals surface area contributed by atoms with Gasteiger partial charge in [-0.25, -0.2) is 0 Å². The average Bonchev–Trinajstić information content (AvgIpc) is 2.41. The maximum atomic E-state index is 10.0. The number of aromatic nitrogens is 2. The average molecular weight is 290 g/mol. The molecule has 0 bridgehead atoms. The second-order valence-corrected chi connectivity index (χ2v) is 3.00. The van der Waals surface area contributed by atoms with E-state index in [1.165, 1.54) is 24.5 Å². The summed E-state index contributed by atoms with van der Waals surface area (Å²) in [6, 6.07) is 9.25. The van der Waals surface area contributed by atoms with Gasteiger partial charge in [-0.05, 0) is 24.3 Å². The van der Waals surface area contributed by atoms with E-state index in [-0.39, 0.29) is 70.5 Å². The van der Waals surface area contributed by atoms with E-state index in [9.17, 15) is 19.8 Å². The van der Waals surface area contributed by atoms with Gasteiger partial charge < -0.3 is 19.8 Å². The second-order valence-electron chi connectivity index (χ2n) is 3.00. The number of carbonyl (C=O) groups is 2. The first-order chi connectivity index (χ1) is 8.61. The SMILES string of the molecule is O=C([O-])c1ccccn1.O=C([O-])c1ccccn1.[Na+].[Na+]. The summed E-state index contributed by atoms with van der Waals surface area (Å²) in [7, 11) is 0. The summed E-state index contributed by atoms with van der Waals surface area (Å²) in [6.07, 6.45) is 2.82. The minimum absolute atomic E-state index is 0. The molecule has 0 atom stereocenters. The van der Waals surface area contributed by atoms with Crippen LogP contribution in [0.5, 0.6) is 0 Å². The predicted molar refractivity (Wildman–Crippen MR) is 57.1 cm³/mol. The van der Waals surface area contributed by atoms with Crippen LogP contribution in [0.1, 0.15) is 21.0 Å². The maximum absolute atomic E-state index is 10.0. The van der Waals surface area contributed by atoms with Gasteiger partial charge in [-0.1, -0.05) is 12.1 Å². The Morgan fingerprint density at radius 1 is 0.750 bits per heavy atom. The molecule has 0 fully saturated rings. The fraction of sp³-hybridized carbons (Fsp3) is 0. The number of carboxylic acids is 2. The number of carbonyl (C=O) groups excluding carboxylic acids is 2. The van der Waals surface area contributed by atoms with Crippen molar-refractivity contribution in [2.45, 2.75) is 0 Å². The topological polar surface area (TPSA) is 106 Å². The normalized spacial score (nSPS) is 8.00. The molecule has 20 heavy (non-hydrogen) atoms. The van der Waals surface area contributed by atoms with E-state index in [0.717, 1.165) is 0 Å². The Morgan fingerprint density at radius 2 is 1.10 bits per heavy atom. The van der Waals surface area contributed by atoms with E-state index < -0.39 is 11.9 Å². The van der Waals surface area contributed by atoms with Gasteiger partial charge >= 0.3 is 59.1 Å². The molecule has 2 aromatic rings. The van der Waals surface area contributed by atoms with Crippen LogP contribution in [0.2, 0.25) is 0 Å². The van der Waals surface area contributed by atoms with Crippen molar-refractivity contribution < 1.29 is 78.9 Å². The Morgan fingerprint density at radius 3 is 1.25 bits per heavy atom. The zero-order chi connectivity index (χ0) is 13.4. The number of hydrogen-bond acceptors (Lipinski definition) is 6. The molecule has 0 saturated carbocycles. The van der Waals surface area contributed by atoms with E-state index in [1.807, 2.05) is 0 Å². The first-order valence-electron chi connectivity index (χ1n) is 4.86. The molecule has 0 amide bonds. The molecule has 0 radical (unpaired) electrons. The molecule has 0 saturated heterocycles. The third-order valence-corrected chi connectivity index (χ3v) is 1.75. The minimum Gasteiger partial charge on any atom is -0.543 e. The Kier molecular flexibility index (Phi) is 12.9. The molecule has 0 N–H and O–H groups in total. The molecule has 92 valence electrons. The van der Waals surface area contributed by atoms with Crippen LogP contribution in [-0.4, -0.2) is 21.9 Å². The summed E-state index contributed by atoms with van der Waals surface area (Å²) in [5.41, 5.74) is -0.0602. The molecular formula is C12H8N2Na2O4. The first kappa shape index (κ1) is 21.5. The monoisotopic (exact) mass is 290 g/mol. The van der Waals surface area contributed by atoms with Crippen LogP contribution in [0.3, 0.4) is 0 Å². The van der Waals surface area contributed by atoms with Gasteiger partial charge in [0.15, 0.2) is 0 Å². The van der Waals surface area contributed by atoms with Crippen LogP contribution in [0.25, 0.3) is 0 Å². The molecule has 0 aliphatic rings. The van der Waals surface area contributed by atoms with Crippen LogP contribution in [-0.2, 0) is 0 Å². The fourth-order valence-corrected chi connectivity index (χ4v) is 0.967. The summed E-state index contributed by atoms with van der Waals surface area (Å²) in [4.78, 5) is 27.1. The third-order valence-electron chi connectivity index (χ3n) is 1.75. The van der Waals surface area contributed by atoms with Gasteiger partial charge in [0.05, 0.1) is 23.3 Å². The Hall–Kier alpha value is -0.760. The zero-order valence-corrected chi connectivity index (χ0v) is 15.1. The number of hydrogen-bond donors (Lipinski definition) is 0.